The molecule has 0 bridgehead atoms. The molecule has 0 aliphatic rings. The van der Waals surface area contributed by atoms with E-state index < -0.39 is 0 Å². The fourth-order valence-corrected chi connectivity index (χ4v) is 1.80. The lowest BCUT2D eigenvalue weighted by molar-refractivity contribution is 0.418. The Labute approximate surface area is 118 Å². The normalized spacial score (nSPS) is 10.0. The van der Waals surface area contributed by atoms with Crippen molar-refractivity contribution in [3.63, 3.8) is 0 Å². The largest absolute Gasteiger partial charge is 0.453 e. The van der Waals surface area contributed by atoms with E-state index in [-0.39, 0.29) is 0 Å². The summed E-state index contributed by atoms with van der Waals surface area (Å²) >= 11 is 0. The van der Waals surface area contributed by atoms with E-state index in [1.165, 1.54) is 0 Å². The predicted molar refractivity (Wildman–Crippen MR) is 78.3 cm³/mol. The molecule has 0 amide bonds. The number of para-hydroxylation sites is 2. The molecule has 0 saturated carbocycles. The molecule has 0 aliphatic heterocycles. The lowest BCUT2D eigenvalue weighted by Crippen LogP contribution is -1.89. The molecule has 0 aromatic heterocycles. The molecule has 0 atom stereocenters. The Bertz CT molecular complexity index is 603. The van der Waals surface area contributed by atoms with Gasteiger partial charge >= 0.3 is 0 Å². The second kappa shape index (κ2) is 5.93. The second-order valence-corrected chi connectivity index (χ2v) is 4.20. The van der Waals surface area contributed by atoms with Crippen molar-refractivity contribution >= 4 is 0 Å². The minimum atomic E-state index is 0.641. The van der Waals surface area contributed by atoms with E-state index in [0.717, 1.165) is 11.5 Å². The highest BCUT2D eigenvalue weighted by atomic mass is 16.5. The van der Waals surface area contributed by atoms with Crippen LogP contribution in [-0.2, 0) is 0 Å². The Hall–Kier alpha value is -2.74. The average Bonchev–Trinajstić information content (AvgIpc) is 2.51. The van der Waals surface area contributed by atoms with Gasteiger partial charge in [-0.1, -0.05) is 42.5 Å². The third kappa shape index (κ3) is 2.98. The van der Waals surface area contributed by atoms with E-state index in [9.17, 15) is 0 Å². The van der Waals surface area contributed by atoms with Gasteiger partial charge in [-0.05, 0) is 42.5 Å². The Balaban J connectivity index is 1.85. The first-order chi connectivity index (χ1) is 9.92. The van der Waals surface area contributed by atoms with Gasteiger partial charge in [0, 0.05) is 0 Å². The third-order valence-electron chi connectivity index (χ3n) is 2.73. The van der Waals surface area contributed by atoms with E-state index >= 15 is 0 Å². The number of hydrogen-bond donors (Lipinski definition) is 0. The molecule has 3 aromatic carbocycles. The zero-order chi connectivity index (χ0) is 13.6. The summed E-state index contributed by atoms with van der Waals surface area (Å²) in [6.45, 7) is 0. The summed E-state index contributed by atoms with van der Waals surface area (Å²) in [5, 5.41) is 0. The highest BCUT2D eigenvalue weighted by Crippen LogP contribution is 2.34. The first kappa shape index (κ1) is 12.3. The maximum atomic E-state index is 5.84. The summed E-state index contributed by atoms with van der Waals surface area (Å²) < 4.78 is 11.7. The molecule has 0 aliphatic carbocycles. The van der Waals surface area contributed by atoms with Crippen LogP contribution < -0.4 is 9.47 Å². The molecular formula is C18H13O2. The zero-order valence-electron chi connectivity index (χ0n) is 10.8. The molecule has 2 nitrogen and oxygen atoms in total. The number of rotatable bonds is 4. The number of ether oxygens (including phenoxy) is 2. The summed E-state index contributed by atoms with van der Waals surface area (Å²) in [6, 6.07) is 27.7. The van der Waals surface area contributed by atoms with Crippen molar-refractivity contribution in [2.45, 2.75) is 0 Å². The molecule has 0 unspecified atom stereocenters. The molecule has 0 N–H and O–H groups in total. The molecule has 2 heteroatoms. The van der Waals surface area contributed by atoms with E-state index in [4.69, 9.17) is 9.47 Å². The fraction of sp³-hybridized carbons (Fsp3) is 0. The number of benzene rings is 3. The minimum Gasteiger partial charge on any atom is -0.453 e. The van der Waals surface area contributed by atoms with Gasteiger partial charge in [0.05, 0.1) is 0 Å². The van der Waals surface area contributed by atoms with Crippen molar-refractivity contribution in [3.8, 4) is 23.0 Å². The van der Waals surface area contributed by atoms with E-state index in [0.29, 0.717) is 11.5 Å². The molecule has 1 radical (unpaired) electrons. The van der Waals surface area contributed by atoms with Gasteiger partial charge in [-0.2, -0.15) is 0 Å². The SMILES string of the molecule is [c]1ccc(Oc2ccccc2)c(Oc2ccccc2)c1. The van der Waals surface area contributed by atoms with Gasteiger partial charge in [0.25, 0.3) is 0 Å². The molecule has 0 fully saturated rings. The van der Waals surface area contributed by atoms with Gasteiger partial charge in [0.2, 0.25) is 0 Å². The van der Waals surface area contributed by atoms with Gasteiger partial charge < -0.3 is 9.47 Å². The Morgan fingerprint density at radius 2 is 1.15 bits per heavy atom. The molecule has 3 aromatic rings. The van der Waals surface area contributed by atoms with Crippen LogP contribution in [0.25, 0.3) is 0 Å². The highest BCUT2D eigenvalue weighted by molar-refractivity contribution is 5.44. The van der Waals surface area contributed by atoms with Crippen molar-refractivity contribution in [1.29, 1.82) is 0 Å². The monoisotopic (exact) mass is 261 g/mol. The maximum absolute atomic E-state index is 5.84. The second-order valence-electron chi connectivity index (χ2n) is 4.20. The van der Waals surface area contributed by atoms with Crippen molar-refractivity contribution in [3.05, 3.63) is 84.9 Å². The fourth-order valence-electron chi connectivity index (χ4n) is 1.80. The van der Waals surface area contributed by atoms with E-state index in [2.05, 4.69) is 6.07 Å². The molecule has 20 heavy (non-hydrogen) atoms. The Kier molecular flexibility index (Phi) is 3.65. The molecular weight excluding hydrogens is 248 g/mol. The highest BCUT2D eigenvalue weighted by Gasteiger charge is 2.06. The summed E-state index contributed by atoms with van der Waals surface area (Å²) in [4.78, 5) is 0. The summed E-state index contributed by atoms with van der Waals surface area (Å²) in [5.41, 5.74) is 0. The van der Waals surface area contributed by atoms with Crippen molar-refractivity contribution in [2.24, 2.45) is 0 Å². The summed E-state index contributed by atoms with van der Waals surface area (Å²) in [7, 11) is 0. The lowest BCUT2D eigenvalue weighted by atomic mass is 10.3. The minimum absolute atomic E-state index is 0.641. The Morgan fingerprint density at radius 1 is 0.600 bits per heavy atom. The van der Waals surface area contributed by atoms with E-state index in [1.54, 1.807) is 12.1 Å². The van der Waals surface area contributed by atoms with Crippen LogP contribution in [0.1, 0.15) is 0 Å². The summed E-state index contributed by atoms with van der Waals surface area (Å²) in [6.07, 6.45) is 0. The molecule has 0 spiro atoms. The smallest absolute Gasteiger partial charge is 0.170 e. The van der Waals surface area contributed by atoms with E-state index in [1.807, 2.05) is 66.7 Å². The lowest BCUT2D eigenvalue weighted by Gasteiger charge is -2.11. The molecule has 0 heterocycles. The van der Waals surface area contributed by atoms with Gasteiger partial charge in [0.1, 0.15) is 11.5 Å². The quantitative estimate of drug-likeness (QED) is 0.652. The zero-order valence-corrected chi connectivity index (χ0v) is 10.8. The Morgan fingerprint density at radius 3 is 1.75 bits per heavy atom. The van der Waals surface area contributed by atoms with Gasteiger partial charge in [-0.25, -0.2) is 0 Å². The molecule has 0 saturated heterocycles. The van der Waals surface area contributed by atoms with Crippen LogP contribution in [0.4, 0.5) is 0 Å². The van der Waals surface area contributed by atoms with Gasteiger partial charge in [-0.3, -0.25) is 0 Å². The third-order valence-corrected chi connectivity index (χ3v) is 2.73. The van der Waals surface area contributed by atoms with Crippen LogP contribution in [0.3, 0.4) is 0 Å². The number of hydrogen-bond acceptors (Lipinski definition) is 2. The van der Waals surface area contributed by atoms with Gasteiger partial charge in [0.15, 0.2) is 11.5 Å². The standard InChI is InChI=1S/C18H13O2/c1-3-9-15(10-4-1)19-17-13-7-8-14-18(17)20-16-11-5-2-6-12-16/h1-7,9-14H. The van der Waals surface area contributed by atoms with Gasteiger partial charge in [-0.15, -0.1) is 0 Å². The predicted octanol–water partition coefficient (Wildman–Crippen LogP) is 5.07. The first-order valence-corrected chi connectivity index (χ1v) is 6.38. The van der Waals surface area contributed by atoms with Crippen LogP contribution in [0, 0.1) is 6.07 Å². The van der Waals surface area contributed by atoms with Crippen molar-refractivity contribution in [1.82, 2.24) is 0 Å². The van der Waals surface area contributed by atoms with Crippen LogP contribution in [0.15, 0.2) is 78.9 Å². The summed E-state index contributed by atoms with van der Waals surface area (Å²) in [5.74, 6) is 2.85. The van der Waals surface area contributed by atoms with Crippen LogP contribution in [0.5, 0.6) is 23.0 Å². The van der Waals surface area contributed by atoms with Crippen molar-refractivity contribution in [2.75, 3.05) is 0 Å². The first-order valence-electron chi connectivity index (χ1n) is 6.38. The molecule has 3 rings (SSSR count). The topological polar surface area (TPSA) is 18.5 Å². The van der Waals surface area contributed by atoms with Crippen LogP contribution in [-0.4, -0.2) is 0 Å². The maximum Gasteiger partial charge on any atom is 0.170 e. The van der Waals surface area contributed by atoms with Crippen LogP contribution >= 0.6 is 0 Å². The molecule has 97 valence electrons. The average molecular weight is 261 g/mol. The van der Waals surface area contributed by atoms with Crippen LogP contribution in [0.2, 0.25) is 0 Å². The van der Waals surface area contributed by atoms with Crippen molar-refractivity contribution < 1.29 is 9.47 Å².